The first-order chi connectivity index (χ1) is 17.4. The Morgan fingerprint density at radius 3 is 2.03 bits per heavy atom. The first-order valence-electron chi connectivity index (χ1n) is 13.3. The van der Waals surface area contributed by atoms with Gasteiger partial charge in [0.05, 0.1) is 11.6 Å². The number of aliphatic hydroxyl groups excluding tert-OH is 1. The van der Waals surface area contributed by atoms with Gasteiger partial charge in [-0.05, 0) is 68.6 Å². The van der Waals surface area contributed by atoms with E-state index in [4.69, 9.17) is 0 Å². The van der Waals surface area contributed by atoms with Crippen molar-refractivity contribution < 1.29 is 14.7 Å². The summed E-state index contributed by atoms with van der Waals surface area (Å²) in [5, 5.41) is 11.2. The molecule has 1 N–H and O–H groups in total. The number of halogens is 1. The summed E-state index contributed by atoms with van der Waals surface area (Å²) in [5.74, 6) is -1.28. The van der Waals surface area contributed by atoms with Crippen LogP contribution in [0.15, 0.2) is 58.6 Å². The van der Waals surface area contributed by atoms with Gasteiger partial charge in [0.15, 0.2) is 0 Å². The molecular weight excluding hydrogens is 516 g/mol. The predicted octanol–water partition coefficient (Wildman–Crippen LogP) is 6.73. The van der Waals surface area contributed by atoms with E-state index in [9.17, 15) is 14.7 Å². The Kier molecular flexibility index (Phi) is 10.7. The Bertz CT molecular complexity index is 1040. The van der Waals surface area contributed by atoms with Crippen LogP contribution in [0.25, 0.3) is 5.76 Å². The second-order valence-electron chi connectivity index (χ2n) is 9.50. The summed E-state index contributed by atoms with van der Waals surface area (Å²) >= 11 is 3.41. The highest BCUT2D eigenvalue weighted by atomic mass is 79.9. The molecule has 194 valence electrons. The highest BCUT2D eigenvalue weighted by Gasteiger charge is 2.45. The zero-order valence-corrected chi connectivity index (χ0v) is 23.4. The lowest BCUT2D eigenvalue weighted by atomic mass is 9.94. The van der Waals surface area contributed by atoms with Gasteiger partial charge in [-0.15, -0.1) is 0 Å². The summed E-state index contributed by atoms with van der Waals surface area (Å²) in [4.78, 5) is 30.6. The molecule has 1 aliphatic heterocycles. The number of hydrogen-bond acceptors (Lipinski definition) is 4. The van der Waals surface area contributed by atoms with Crippen molar-refractivity contribution in [2.24, 2.45) is 0 Å². The maximum atomic E-state index is 13.3. The van der Waals surface area contributed by atoms with Gasteiger partial charge in [0.2, 0.25) is 0 Å². The fourth-order valence-electron chi connectivity index (χ4n) is 4.72. The number of carbonyl (C=O) groups is 2. The van der Waals surface area contributed by atoms with Crippen molar-refractivity contribution in [3.8, 4) is 0 Å². The molecule has 5 nitrogen and oxygen atoms in total. The van der Waals surface area contributed by atoms with Crippen LogP contribution in [0.1, 0.15) is 75.6 Å². The molecule has 1 amide bonds. The van der Waals surface area contributed by atoms with Gasteiger partial charge >= 0.3 is 0 Å². The van der Waals surface area contributed by atoms with Gasteiger partial charge in [-0.3, -0.25) is 9.59 Å². The van der Waals surface area contributed by atoms with Crippen LogP contribution in [0.5, 0.6) is 0 Å². The number of rotatable bonds is 13. The predicted molar refractivity (Wildman–Crippen MR) is 150 cm³/mol. The van der Waals surface area contributed by atoms with Crippen LogP contribution >= 0.6 is 15.9 Å². The van der Waals surface area contributed by atoms with E-state index in [0.29, 0.717) is 12.1 Å². The van der Waals surface area contributed by atoms with Crippen LogP contribution in [-0.2, 0) is 16.0 Å². The van der Waals surface area contributed by atoms with E-state index in [0.717, 1.165) is 68.2 Å². The summed E-state index contributed by atoms with van der Waals surface area (Å²) in [6.07, 6.45) is 6.31. The van der Waals surface area contributed by atoms with Gasteiger partial charge in [-0.1, -0.05) is 85.9 Å². The van der Waals surface area contributed by atoms with Crippen LogP contribution in [-0.4, -0.2) is 52.8 Å². The molecule has 2 aromatic rings. The zero-order chi connectivity index (χ0) is 26.1. The van der Waals surface area contributed by atoms with Crippen molar-refractivity contribution in [1.29, 1.82) is 0 Å². The number of benzene rings is 2. The summed E-state index contributed by atoms with van der Waals surface area (Å²) in [6, 6.07) is 14.6. The van der Waals surface area contributed by atoms with Crippen LogP contribution in [0.3, 0.4) is 0 Å². The molecule has 1 atom stereocenters. The number of hydrogen-bond donors (Lipinski definition) is 1. The molecule has 1 aliphatic rings. The lowest BCUT2D eigenvalue weighted by Crippen LogP contribution is -2.34. The standard InChI is InChI=1S/C30H39BrN2O3/c1-4-7-18-32(19-8-5-2)20-9-21-33-27(23-12-10-22(6-3)11-13-23)26(29(35)30(33)36)28(34)24-14-16-25(31)17-15-24/h10-17,27,34H,4-9,18-21H2,1-3H3/b28-26+. The third-order valence-corrected chi connectivity index (χ3v) is 7.42. The number of likely N-dealkylation sites (tertiary alicyclic amines) is 1. The summed E-state index contributed by atoms with van der Waals surface area (Å²) in [5.41, 5.74) is 2.72. The molecule has 1 unspecified atom stereocenters. The van der Waals surface area contributed by atoms with E-state index in [2.05, 4.69) is 41.6 Å². The fraction of sp³-hybridized carbons (Fsp3) is 0.467. The number of carbonyl (C=O) groups excluding carboxylic acids is 2. The van der Waals surface area contributed by atoms with Crippen molar-refractivity contribution in [2.75, 3.05) is 26.2 Å². The second-order valence-corrected chi connectivity index (χ2v) is 10.4. The quantitative estimate of drug-likeness (QED) is 0.169. The van der Waals surface area contributed by atoms with Crippen LogP contribution < -0.4 is 0 Å². The van der Waals surface area contributed by atoms with Crippen molar-refractivity contribution in [3.05, 3.63) is 75.3 Å². The first-order valence-corrected chi connectivity index (χ1v) is 14.1. The van der Waals surface area contributed by atoms with Crippen LogP contribution in [0, 0.1) is 0 Å². The number of Topliss-reactive ketones (excluding diaryl/α,β-unsaturated/α-hetero) is 1. The van der Waals surface area contributed by atoms with Crippen molar-refractivity contribution in [3.63, 3.8) is 0 Å². The fourth-order valence-corrected chi connectivity index (χ4v) is 4.98. The van der Waals surface area contributed by atoms with Gasteiger partial charge < -0.3 is 14.9 Å². The topological polar surface area (TPSA) is 60.9 Å². The molecule has 2 aromatic carbocycles. The molecule has 3 rings (SSSR count). The summed E-state index contributed by atoms with van der Waals surface area (Å²) in [7, 11) is 0. The molecule has 0 radical (unpaired) electrons. The van der Waals surface area contributed by atoms with Crippen LogP contribution in [0.4, 0.5) is 0 Å². The van der Waals surface area contributed by atoms with Gasteiger partial charge in [0.25, 0.3) is 11.7 Å². The average molecular weight is 556 g/mol. The summed E-state index contributed by atoms with van der Waals surface area (Å²) in [6.45, 7) is 9.96. The minimum Gasteiger partial charge on any atom is -0.507 e. The molecule has 0 spiro atoms. The van der Waals surface area contributed by atoms with E-state index in [-0.39, 0.29) is 11.3 Å². The SMILES string of the molecule is CCCCN(CCCC)CCCN1C(=O)C(=O)/C(=C(/O)c2ccc(Br)cc2)C1c1ccc(CC)cc1. The molecule has 6 heteroatoms. The number of nitrogens with zero attached hydrogens (tertiary/aromatic N) is 2. The Balaban J connectivity index is 1.91. The molecule has 0 bridgehead atoms. The number of amides is 1. The van der Waals surface area contributed by atoms with E-state index in [1.165, 1.54) is 5.56 Å². The molecule has 0 aliphatic carbocycles. The number of ketones is 1. The number of aliphatic hydroxyl groups is 1. The molecular formula is C30H39BrN2O3. The van der Waals surface area contributed by atoms with Crippen molar-refractivity contribution >= 4 is 33.4 Å². The lowest BCUT2D eigenvalue weighted by molar-refractivity contribution is -0.140. The largest absolute Gasteiger partial charge is 0.507 e. The first kappa shape index (κ1) is 28.1. The Morgan fingerprint density at radius 1 is 0.889 bits per heavy atom. The van der Waals surface area contributed by atoms with E-state index in [1.54, 1.807) is 17.0 Å². The maximum Gasteiger partial charge on any atom is 0.295 e. The van der Waals surface area contributed by atoms with Gasteiger partial charge in [0, 0.05) is 16.6 Å². The number of unbranched alkanes of at least 4 members (excludes halogenated alkanes) is 2. The maximum absolute atomic E-state index is 13.3. The lowest BCUT2D eigenvalue weighted by Gasteiger charge is -2.27. The monoisotopic (exact) mass is 554 g/mol. The van der Waals surface area contributed by atoms with Crippen molar-refractivity contribution in [1.82, 2.24) is 9.80 Å². The Labute approximate surface area is 224 Å². The van der Waals surface area contributed by atoms with E-state index < -0.39 is 17.7 Å². The van der Waals surface area contributed by atoms with Crippen molar-refractivity contribution in [2.45, 2.75) is 65.3 Å². The van der Waals surface area contributed by atoms with Crippen LogP contribution in [0.2, 0.25) is 0 Å². The van der Waals surface area contributed by atoms with Gasteiger partial charge in [0.1, 0.15) is 5.76 Å². The normalized spacial score (nSPS) is 17.4. The van der Waals surface area contributed by atoms with E-state index in [1.807, 2.05) is 36.4 Å². The third-order valence-electron chi connectivity index (χ3n) is 6.89. The third kappa shape index (κ3) is 6.86. The smallest absolute Gasteiger partial charge is 0.295 e. The molecule has 1 heterocycles. The highest BCUT2D eigenvalue weighted by Crippen LogP contribution is 2.39. The molecule has 36 heavy (non-hydrogen) atoms. The minimum absolute atomic E-state index is 0.125. The summed E-state index contributed by atoms with van der Waals surface area (Å²) < 4.78 is 0.877. The Hall–Kier alpha value is -2.44. The molecule has 1 fully saturated rings. The Morgan fingerprint density at radius 2 is 1.47 bits per heavy atom. The van der Waals surface area contributed by atoms with Gasteiger partial charge in [-0.25, -0.2) is 0 Å². The molecule has 0 saturated carbocycles. The minimum atomic E-state index is -0.617. The zero-order valence-electron chi connectivity index (χ0n) is 21.8. The van der Waals surface area contributed by atoms with E-state index >= 15 is 0 Å². The second kappa shape index (κ2) is 13.8. The molecule has 0 aromatic heterocycles. The van der Waals surface area contributed by atoms with Gasteiger partial charge in [-0.2, -0.15) is 0 Å². The highest BCUT2D eigenvalue weighted by molar-refractivity contribution is 9.10. The average Bonchev–Trinajstić information content (AvgIpc) is 3.15. The number of aryl methyl sites for hydroxylation is 1. The molecule has 1 saturated heterocycles.